The van der Waals surface area contributed by atoms with Gasteiger partial charge in [0.05, 0.1) is 0 Å². The molecule has 0 aromatic heterocycles. The molecule has 0 amide bonds. The van der Waals surface area contributed by atoms with Crippen molar-refractivity contribution in [3.63, 3.8) is 0 Å². The molecule has 0 spiro atoms. The van der Waals surface area contributed by atoms with E-state index in [4.69, 9.17) is 69.6 Å². The van der Waals surface area contributed by atoms with E-state index in [1.54, 1.807) is 18.2 Å². The zero-order valence-electron chi connectivity index (χ0n) is 10.5. The lowest BCUT2D eigenvalue weighted by Crippen LogP contribution is -2.12. The highest BCUT2D eigenvalue weighted by Crippen LogP contribution is 2.47. The second kappa shape index (κ2) is 6.74. The summed E-state index contributed by atoms with van der Waals surface area (Å²) in [5.41, 5.74) is 2.42. The number of hydrogen-bond donors (Lipinski definition) is 0. The monoisotopic (exact) mass is 399 g/mol. The first kappa shape index (κ1) is 17.5. The van der Waals surface area contributed by atoms with Gasteiger partial charge in [-0.2, -0.15) is 0 Å². The van der Waals surface area contributed by atoms with Crippen LogP contribution in [0.5, 0.6) is 0 Å². The Bertz CT molecular complexity index is 578. The minimum absolute atomic E-state index is 0.458. The first-order valence-electron chi connectivity index (χ1n) is 5.87. The van der Waals surface area contributed by atoms with Crippen LogP contribution in [0.15, 0.2) is 48.5 Å². The van der Waals surface area contributed by atoms with E-state index in [9.17, 15) is 0 Å². The second-order valence-corrected chi connectivity index (χ2v) is 8.88. The number of halogens is 6. The van der Waals surface area contributed by atoms with Crippen LogP contribution in [0, 0.1) is 6.42 Å². The standard InChI is InChI=1S/C15H9Cl6/c16-14(17,18)12-7-4-8-13(15(19,20)21)11(12)9-10-5-2-1-3-6-10/h1-9H. The Morgan fingerprint density at radius 2 is 1.10 bits per heavy atom. The van der Waals surface area contributed by atoms with Gasteiger partial charge in [-0.25, -0.2) is 0 Å². The lowest BCUT2D eigenvalue weighted by atomic mass is 9.95. The van der Waals surface area contributed by atoms with Gasteiger partial charge in [-0.15, -0.1) is 0 Å². The maximum Gasteiger partial charge on any atom is 0.216 e. The van der Waals surface area contributed by atoms with Crippen LogP contribution in [0.4, 0.5) is 0 Å². The maximum absolute atomic E-state index is 6.03. The lowest BCUT2D eigenvalue weighted by Gasteiger charge is -2.23. The zero-order chi connectivity index (χ0) is 15.7. The van der Waals surface area contributed by atoms with E-state index in [1.807, 2.05) is 36.8 Å². The molecule has 2 rings (SSSR count). The quantitative estimate of drug-likeness (QED) is 0.478. The topological polar surface area (TPSA) is 0 Å². The normalized spacial score (nSPS) is 12.5. The van der Waals surface area contributed by atoms with Gasteiger partial charge in [-0.05, 0) is 11.1 Å². The average molecular weight is 402 g/mol. The Balaban J connectivity index is 2.59. The molecule has 0 aliphatic heterocycles. The average Bonchev–Trinajstić information content (AvgIpc) is 2.37. The molecular formula is C15H9Cl6. The third kappa shape index (κ3) is 4.58. The Kier molecular flexibility index (Phi) is 5.63. The highest BCUT2D eigenvalue weighted by molar-refractivity contribution is 6.68. The van der Waals surface area contributed by atoms with Crippen molar-refractivity contribution in [2.75, 3.05) is 0 Å². The van der Waals surface area contributed by atoms with Gasteiger partial charge in [0.1, 0.15) is 0 Å². The SMILES string of the molecule is ClC(Cl)(Cl)c1cccc(C(Cl)(Cl)Cl)c1[CH]c1ccccc1. The Morgan fingerprint density at radius 3 is 1.52 bits per heavy atom. The van der Waals surface area contributed by atoms with E-state index < -0.39 is 7.59 Å². The summed E-state index contributed by atoms with van der Waals surface area (Å²) in [5.74, 6) is 0. The summed E-state index contributed by atoms with van der Waals surface area (Å²) in [4.78, 5) is 0. The van der Waals surface area contributed by atoms with Crippen molar-refractivity contribution in [2.45, 2.75) is 7.59 Å². The molecule has 0 heterocycles. The first-order valence-corrected chi connectivity index (χ1v) is 8.13. The molecule has 0 bridgehead atoms. The summed E-state index contributed by atoms with van der Waals surface area (Å²) < 4.78 is -3.24. The van der Waals surface area contributed by atoms with E-state index in [1.165, 1.54) is 0 Å². The Labute approximate surface area is 153 Å². The van der Waals surface area contributed by atoms with Gasteiger partial charge < -0.3 is 0 Å². The zero-order valence-corrected chi connectivity index (χ0v) is 15.0. The van der Waals surface area contributed by atoms with Crippen LogP contribution in [0.25, 0.3) is 0 Å². The second-order valence-electron chi connectivity index (χ2n) is 4.32. The molecule has 0 aliphatic rings. The van der Waals surface area contributed by atoms with Crippen molar-refractivity contribution in [2.24, 2.45) is 0 Å². The molecule has 2 aromatic carbocycles. The fourth-order valence-electron chi connectivity index (χ4n) is 1.93. The Hall–Kier alpha value is 0.180. The van der Waals surface area contributed by atoms with Gasteiger partial charge in [-0.3, -0.25) is 0 Å². The van der Waals surface area contributed by atoms with E-state index in [0.717, 1.165) is 5.56 Å². The number of hydrogen-bond acceptors (Lipinski definition) is 0. The summed E-state index contributed by atoms with van der Waals surface area (Å²) in [6, 6.07) is 14.6. The molecule has 21 heavy (non-hydrogen) atoms. The number of rotatable bonds is 2. The molecule has 0 saturated carbocycles. The van der Waals surface area contributed by atoms with Crippen LogP contribution in [-0.4, -0.2) is 0 Å². The highest BCUT2D eigenvalue weighted by Gasteiger charge is 2.33. The summed E-state index contributed by atoms with van der Waals surface area (Å²) in [6.07, 6.45) is 1.83. The molecule has 1 radical (unpaired) electrons. The highest BCUT2D eigenvalue weighted by atomic mass is 35.6. The van der Waals surface area contributed by atoms with Crippen LogP contribution < -0.4 is 0 Å². The van der Waals surface area contributed by atoms with Crippen LogP contribution in [-0.2, 0) is 7.59 Å². The van der Waals surface area contributed by atoms with Crippen LogP contribution >= 0.6 is 69.6 Å². The molecule has 111 valence electrons. The molecule has 0 fully saturated rings. The molecule has 0 saturated heterocycles. The van der Waals surface area contributed by atoms with Gasteiger partial charge >= 0.3 is 0 Å². The van der Waals surface area contributed by atoms with Gasteiger partial charge in [0.2, 0.25) is 7.59 Å². The van der Waals surface area contributed by atoms with Crippen LogP contribution in [0.3, 0.4) is 0 Å². The van der Waals surface area contributed by atoms with Crippen LogP contribution in [0.1, 0.15) is 22.3 Å². The van der Waals surface area contributed by atoms with Crippen molar-refractivity contribution in [1.29, 1.82) is 0 Å². The fourth-order valence-corrected chi connectivity index (χ4v) is 2.92. The summed E-state index contributed by atoms with van der Waals surface area (Å²) in [7, 11) is 0. The number of alkyl halides is 6. The summed E-state index contributed by atoms with van der Waals surface area (Å²) in [5, 5.41) is 0. The molecule has 0 unspecified atom stereocenters. The van der Waals surface area contributed by atoms with E-state index in [-0.39, 0.29) is 0 Å². The molecule has 2 aromatic rings. The van der Waals surface area contributed by atoms with Gasteiger partial charge in [0, 0.05) is 17.5 Å². The molecule has 6 heteroatoms. The molecule has 0 aliphatic carbocycles. The van der Waals surface area contributed by atoms with Gasteiger partial charge in [0.25, 0.3) is 0 Å². The largest absolute Gasteiger partial charge is 0.216 e. The minimum Gasteiger partial charge on any atom is -0.0784 e. The van der Waals surface area contributed by atoms with Crippen molar-refractivity contribution in [3.8, 4) is 0 Å². The minimum atomic E-state index is -1.62. The van der Waals surface area contributed by atoms with Crippen molar-refractivity contribution in [1.82, 2.24) is 0 Å². The predicted molar refractivity (Wildman–Crippen MR) is 93.9 cm³/mol. The van der Waals surface area contributed by atoms with Crippen molar-refractivity contribution < 1.29 is 0 Å². The van der Waals surface area contributed by atoms with Gasteiger partial charge in [0.15, 0.2) is 0 Å². The third-order valence-electron chi connectivity index (χ3n) is 2.83. The summed E-state index contributed by atoms with van der Waals surface area (Å²) in [6.45, 7) is 0. The molecule has 0 nitrogen and oxygen atoms in total. The van der Waals surface area contributed by atoms with E-state index in [2.05, 4.69) is 0 Å². The Morgan fingerprint density at radius 1 is 0.619 bits per heavy atom. The van der Waals surface area contributed by atoms with Crippen molar-refractivity contribution >= 4 is 69.6 Å². The van der Waals surface area contributed by atoms with E-state index >= 15 is 0 Å². The van der Waals surface area contributed by atoms with Crippen LogP contribution in [0.2, 0.25) is 0 Å². The lowest BCUT2D eigenvalue weighted by molar-refractivity contribution is 1.12. The maximum atomic E-state index is 6.03. The van der Waals surface area contributed by atoms with E-state index in [0.29, 0.717) is 16.7 Å². The fraction of sp³-hybridized carbons (Fsp3) is 0.133. The van der Waals surface area contributed by atoms with Crippen molar-refractivity contribution in [3.05, 3.63) is 77.2 Å². The third-order valence-corrected chi connectivity index (χ3v) is 4.05. The molecule has 0 atom stereocenters. The van der Waals surface area contributed by atoms with Gasteiger partial charge in [-0.1, -0.05) is 118 Å². The smallest absolute Gasteiger partial charge is 0.0784 e. The molecular weight excluding hydrogens is 393 g/mol. The number of benzene rings is 2. The predicted octanol–water partition coefficient (Wildman–Crippen LogP) is 6.94. The first-order chi connectivity index (χ1) is 9.69. The summed E-state index contributed by atoms with van der Waals surface area (Å²) >= 11 is 36.2. The molecule has 0 N–H and O–H groups in total.